The highest BCUT2D eigenvalue weighted by Gasteiger charge is 2.36. The molecule has 0 aromatic rings. The Balaban J connectivity index is 2.54. The van der Waals surface area contributed by atoms with Gasteiger partial charge in [-0.2, -0.15) is 0 Å². The normalized spacial score (nSPS) is 52.0. The quantitative estimate of drug-likeness (QED) is 0.309. The number of nitrogens with one attached hydrogen (secondary N) is 1. The molecule has 0 aromatic carbocycles. The van der Waals surface area contributed by atoms with E-state index in [1.807, 2.05) is 0 Å². The van der Waals surface area contributed by atoms with Crippen LogP contribution < -0.4 is 5.32 Å². The Hall–Kier alpha value is -0.160. The van der Waals surface area contributed by atoms with Crippen molar-refractivity contribution in [3.05, 3.63) is 0 Å². The van der Waals surface area contributed by atoms with Gasteiger partial charge in [0.1, 0.15) is 12.3 Å². The van der Waals surface area contributed by atoms with Crippen LogP contribution in [0.25, 0.3) is 0 Å². The van der Waals surface area contributed by atoms with Gasteiger partial charge in [-0.15, -0.1) is 0 Å². The molecule has 0 spiro atoms. The van der Waals surface area contributed by atoms with Crippen molar-refractivity contribution >= 4 is 0 Å². The highest BCUT2D eigenvalue weighted by atomic mass is 16.4. The van der Waals surface area contributed by atoms with E-state index in [-0.39, 0.29) is 6.04 Å². The van der Waals surface area contributed by atoms with E-state index in [0.29, 0.717) is 0 Å². The van der Waals surface area contributed by atoms with Gasteiger partial charge in [-0.05, 0) is 6.92 Å². The Labute approximate surface area is 53.1 Å². The predicted octanol–water partition coefficient (Wildman–Crippen LogP) is -1.98. The van der Waals surface area contributed by atoms with E-state index in [9.17, 15) is 0 Å². The molecule has 0 aliphatic carbocycles. The minimum atomic E-state index is -1.04. The van der Waals surface area contributed by atoms with E-state index in [0.717, 1.165) is 0 Å². The van der Waals surface area contributed by atoms with Gasteiger partial charge < -0.3 is 15.3 Å². The second-order valence-electron chi connectivity index (χ2n) is 2.38. The summed E-state index contributed by atoms with van der Waals surface area (Å²) in [5, 5.41) is 29.2. The molecule has 1 aliphatic rings. The number of hydrogen-bond donors (Lipinski definition) is 4. The number of aliphatic hydroxyl groups excluding tert-OH is 3. The summed E-state index contributed by atoms with van der Waals surface area (Å²) in [5.41, 5.74) is 0. The predicted molar refractivity (Wildman–Crippen MR) is 30.6 cm³/mol. The summed E-state index contributed by atoms with van der Waals surface area (Å²) in [6.07, 6.45) is -2.87. The largest absolute Gasteiger partial charge is 0.389 e. The molecule has 0 bridgehead atoms. The first-order chi connectivity index (χ1) is 4.13. The van der Waals surface area contributed by atoms with Crippen molar-refractivity contribution < 1.29 is 15.3 Å². The van der Waals surface area contributed by atoms with Crippen molar-refractivity contribution in [3.8, 4) is 0 Å². The zero-order valence-corrected chi connectivity index (χ0v) is 5.15. The molecule has 1 rings (SSSR count). The van der Waals surface area contributed by atoms with Gasteiger partial charge in [0.25, 0.3) is 0 Å². The molecule has 0 unspecified atom stereocenters. The van der Waals surface area contributed by atoms with Gasteiger partial charge in [0.2, 0.25) is 0 Å². The minimum absolute atomic E-state index is 0.227. The molecular formula is C5H11NO3. The van der Waals surface area contributed by atoms with Crippen LogP contribution in [0.1, 0.15) is 6.92 Å². The van der Waals surface area contributed by atoms with Crippen LogP contribution in [0.3, 0.4) is 0 Å². The Morgan fingerprint density at radius 2 is 1.67 bits per heavy atom. The Kier molecular flexibility index (Phi) is 1.72. The Bertz CT molecular complexity index is 96.4. The average Bonchev–Trinajstić information content (AvgIpc) is 1.98. The molecule has 4 N–H and O–H groups in total. The second-order valence-corrected chi connectivity index (χ2v) is 2.38. The lowest BCUT2D eigenvalue weighted by Gasteiger charge is -2.09. The van der Waals surface area contributed by atoms with Crippen LogP contribution in [0.4, 0.5) is 0 Å². The summed E-state index contributed by atoms with van der Waals surface area (Å²) < 4.78 is 0. The zero-order chi connectivity index (χ0) is 7.02. The molecule has 9 heavy (non-hydrogen) atoms. The van der Waals surface area contributed by atoms with Crippen LogP contribution in [0.5, 0.6) is 0 Å². The van der Waals surface area contributed by atoms with Gasteiger partial charge in [0.15, 0.2) is 0 Å². The monoisotopic (exact) mass is 133 g/mol. The van der Waals surface area contributed by atoms with Crippen LogP contribution in [-0.4, -0.2) is 39.8 Å². The van der Waals surface area contributed by atoms with E-state index in [1.54, 1.807) is 6.92 Å². The van der Waals surface area contributed by atoms with E-state index < -0.39 is 18.4 Å². The zero-order valence-electron chi connectivity index (χ0n) is 5.15. The van der Waals surface area contributed by atoms with E-state index >= 15 is 0 Å². The maximum atomic E-state index is 8.96. The fourth-order valence-electron chi connectivity index (χ4n) is 0.949. The van der Waals surface area contributed by atoms with Crippen molar-refractivity contribution in [2.45, 2.75) is 31.4 Å². The summed E-state index contributed by atoms with van der Waals surface area (Å²) in [7, 11) is 0. The lowest BCUT2D eigenvalue weighted by molar-refractivity contribution is -0.0233. The summed E-state index contributed by atoms with van der Waals surface area (Å²) >= 11 is 0. The summed E-state index contributed by atoms with van der Waals surface area (Å²) in [6.45, 7) is 1.70. The molecule has 0 saturated carbocycles. The van der Waals surface area contributed by atoms with Crippen LogP contribution in [0.2, 0.25) is 0 Å². The maximum absolute atomic E-state index is 8.96. The fourth-order valence-corrected chi connectivity index (χ4v) is 0.949. The standard InChI is InChI=1S/C5H11NO3/c1-2-3(7)4(8)5(9)6-2/h2-9H,1H3/t2-,3-,4-,5-/m0/s1. The molecule has 1 aliphatic heterocycles. The first-order valence-electron chi connectivity index (χ1n) is 2.93. The smallest absolute Gasteiger partial charge is 0.134 e. The van der Waals surface area contributed by atoms with Crippen molar-refractivity contribution in [1.29, 1.82) is 0 Å². The van der Waals surface area contributed by atoms with Crippen LogP contribution in [-0.2, 0) is 0 Å². The first-order valence-corrected chi connectivity index (χ1v) is 2.93. The van der Waals surface area contributed by atoms with Gasteiger partial charge >= 0.3 is 0 Å². The third-order valence-electron chi connectivity index (χ3n) is 1.62. The molecule has 0 amide bonds. The van der Waals surface area contributed by atoms with Crippen molar-refractivity contribution in [1.82, 2.24) is 5.32 Å². The number of rotatable bonds is 0. The molecule has 54 valence electrons. The summed E-state index contributed by atoms with van der Waals surface area (Å²) in [6, 6.07) is -0.227. The Morgan fingerprint density at radius 3 is 1.78 bits per heavy atom. The molecule has 0 radical (unpaired) electrons. The third-order valence-corrected chi connectivity index (χ3v) is 1.62. The highest BCUT2D eigenvalue weighted by molar-refractivity contribution is 4.90. The Morgan fingerprint density at radius 1 is 1.11 bits per heavy atom. The molecule has 1 fully saturated rings. The molecule has 0 aromatic heterocycles. The van der Waals surface area contributed by atoms with E-state index in [4.69, 9.17) is 15.3 Å². The van der Waals surface area contributed by atoms with Crippen molar-refractivity contribution in [2.24, 2.45) is 0 Å². The fraction of sp³-hybridized carbons (Fsp3) is 1.00. The van der Waals surface area contributed by atoms with Gasteiger partial charge in [0, 0.05) is 6.04 Å². The number of hydrogen-bond acceptors (Lipinski definition) is 4. The average molecular weight is 133 g/mol. The van der Waals surface area contributed by atoms with Gasteiger partial charge in [-0.3, -0.25) is 5.32 Å². The SMILES string of the molecule is C[C@@H]1N[C@@H](O)[C@@H](O)[C@H]1O. The molecule has 4 atom stereocenters. The molecule has 1 saturated heterocycles. The minimum Gasteiger partial charge on any atom is -0.389 e. The lowest BCUT2D eigenvalue weighted by Crippen LogP contribution is -2.32. The van der Waals surface area contributed by atoms with E-state index in [1.165, 1.54) is 0 Å². The van der Waals surface area contributed by atoms with Gasteiger partial charge in [0.05, 0.1) is 6.10 Å². The summed E-state index contributed by atoms with van der Waals surface area (Å²) in [5.74, 6) is 0. The molecular weight excluding hydrogens is 122 g/mol. The lowest BCUT2D eigenvalue weighted by atomic mass is 10.2. The van der Waals surface area contributed by atoms with Gasteiger partial charge in [-0.25, -0.2) is 0 Å². The van der Waals surface area contributed by atoms with Crippen LogP contribution >= 0.6 is 0 Å². The van der Waals surface area contributed by atoms with Crippen molar-refractivity contribution in [3.63, 3.8) is 0 Å². The molecule has 4 heteroatoms. The highest BCUT2D eigenvalue weighted by Crippen LogP contribution is 2.10. The topological polar surface area (TPSA) is 72.7 Å². The van der Waals surface area contributed by atoms with E-state index in [2.05, 4.69) is 5.32 Å². The van der Waals surface area contributed by atoms with Crippen LogP contribution in [0.15, 0.2) is 0 Å². The molecule has 1 heterocycles. The summed E-state index contributed by atoms with van der Waals surface area (Å²) in [4.78, 5) is 0. The first kappa shape index (κ1) is 6.95. The number of aliphatic hydroxyl groups is 3. The second kappa shape index (κ2) is 2.22. The van der Waals surface area contributed by atoms with Gasteiger partial charge in [-0.1, -0.05) is 0 Å². The third kappa shape index (κ3) is 1.07. The van der Waals surface area contributed by atoms with Crippen LogP contribution in [0, 0.1) is 0 Å². The molecule has 4 nitrogen and oxygen atoms in total. The maximum Gasteiger partial charge on any atom is 0.134 e. The van der Waals surface area contributed by atoms with Crippen molar-refractivity contribution in [2.75, 3.05) is 0 Å².